The van der Waals surface area contributed by atoms with E-state index in [1.807, 2.05) is 0 Å². The van der Waals surface area contributed by atoms with Crippen molar-refractivity contribution in [2.75, 3.05) is 0 Å². The summed E-state index contributed by atoms with van der Waals surface area (Å²) in [5, 5.41) is 0. The zero-order valence-corrected chi connectivity index (χ0v) is 12.7. The first-order valence-electron chi connectivity index (χ1n) is 8.52. The number of hydrogen-bond acceptors (Lipinski definition) is 0. The van der Waals surface area contributed by atoms with Gasteiger partial charge in [-0.25, -0.2) is 0 Å². The van der Waals surface area contributed by atoms with Gasteiger partial charge in [-0.15, -0.1) is 0 Å². The van der Waals surface area contributed by atoms with E-state index in [2.05, 4.69) is 37.8 Å². The van der Waals surface area contributed by atoms with Gasteiger partial charge in [0.2, 0.25) is 0 Å². The normalized spacial score (nSPS) is 39.0. The molecular weight excluding hydrogens is 240 g/mol. The van der Waals surface area contributed by atoms with Crippen LogP contribution in [0.5, 0.6) is 0 Å². The molecule has 1 aromatic carbocycles. The first-order chi connectivity index (χ1) is 9.76. The van der Waals surface area contributed by atoms with E-state index in [4.69, 9.17) is 0 Å². The van der Waals surface area contributed by atoms with Crippen LogP contribution in [0, 0.1) is 17.3 Å². The van der Waals surface area contributed by atoms with Gasteiger partial charge in [0.05, 0.1) is 0 Å². The third kappa shape index (κ3) is 1.54. The first kappa shape index (κ1) is 12.7. The summed E-state index contributed by atoms with van der Waals surface area (Å²) in [4.78, 5) is 0. The van der Waals surface area contributed by atoms with Gasteiger partial charge in [-0.2, -0.15) is 0 Å². The van der Waals surface area contributed by atoms with Gasteiger partial charge in [-0.1, -0.05) is 43.3 Å². The number of benzene rings is 1. The van der Waals surface area contributed by atoms with E-state index in [-0.39, 0.29) is 0 Å². The summed E-state index contributed by atoms with van der Waals surface area (Å²) in [5.74, 6) is 2.69. The van der Waals surface area contributed by atoms with E-state index in [1.54, 1.807) is 16.7 Å². The Bertz CT molecular complexity index is 541. The second-order valence-electron chi connectivity index (χ2n) is 7.30. The monoisotopic (exact) mass is 266 g/mol. The van der Waals surface area contributed by atoms with Gasteiger partial charge >= 0.3 is 0 Å². The van der Waals surface area contributed by atoms with Crippen LogP contribution in [-0.4, -0.2) is 0 Å². The topological polar surface area (TPSA) is 0 Å². The Balaban J connectivity index is 1.73. The molecule has 4 atom stereocenters. The van der Waals surface area contributed by atoms with E-state index in [1.165, 1.54) is 44.9 Å². The summed E-state index contributed by atoms with van der Waals surface area (Å²) in [6, 6.07) is 9.24. The highest BCUT2D eigenvalue weighted by atomic mass is 14.6. The second kappa shape index (κ2) is 4.48. The Morgan fingerprint density at radius 3 is 2.85 bits per heavy atom. The van der Waals surface area contributed by atoms with Crippen LogP contribution in [0.15, 0.2) is 36.4 Å². The fourth-order valence-corrected chi connectivity index (χ4v) is 5.93. The van der Waals surface area contributed by atoms with Crippen molar-refractivity contribution in [2.24, 2.45) is 17.3 Å². The fourth-order valence-electron chi connectivity index (χ4n) is 5.93. The highest BCUT2D eigenvalue weighted by Gasteiger charge is 2.53. The third-order valence-corrected chi connectivity index (χ3v) is 6.94. The van der Waals surface area contributed by atoms with Crippen molar-refractivity contribution in [2.45, 2.75) is 57.8 Å². The number of allylic oxidation sites excluding steroid dienone is 1. The molecule has 0 aromatic heterocycles. The summed E-state index contributed by atoms with van der Waals surface area (Å²) < 4.78 is 0. The van der Waals surface area contributed by atoms with Crippen molar-refractivity contribution in [3.8, 4) is 0 Å². The van der Waals surface area contributed by atoms with Gasteiger partial charge in [0.15, 0.2) is 0 Å². The van der Waals surface area contributed by atoms with Gasteiger partial charge in [0.25, 0.3) is 0 Å². The van der Waals surface area contributed by atoms with Crippen LogP contribution >= 0.6 is 0 Å². The van der Waals surface area contributed by atoms with Gasteiger partial charge in [0, 0.05) is 0 Å². The summed E-state index contributed by atoms with van der Waals surface area (Å²) >= 11 is 0. The van der Waals surface area contributed by atoms with Crippen LogP contribution in [-0.2, 0) is 6.42 Å². The average molecular weight is 266 g/mol. The minimum absolute atomic E-state index is 0.507. The summed E-state index contributed by atoms with van der Waals surface area (Å²) in [6.07, 6.45) is 9.54. The lowest BCUT2D eigenvalue weighted by Crippen LogP contribution is -2.41. The molecule has 0 saturated heterocycles. The Morgan fingerprint density at radius 1 is 1.15 bits per heavy atom. The maximum atomic E-state index is 4.46. The molecule has 0 amide bonds. The molecule has 2 fully saturated rings. The zero-order chi connectivity index (χ0) is 13.7. The van der Waals surface area contributed by atoms with Gasteiger partial charge < -0.3 is 0 Å². The van der Waals surface area contributed by atoms with E-state index in [0.29, 0.717) is 5.41 Å². The fraction of sp³-hybridized carbons (Fsp3) is 0.600. The number of rotatable bonds is 1. The lowest BCUT2D eigenvalue weighted by molar-refractivity contribution is 0.0644. The average Bonchev–Trinajstić information content (AvgIpc) is 2.85. The molecule has 2 saturated carbocycles. The Labute approximate surface area is 123 Å². The summed E-state index contributed by atoms with van der Waals surface area (Å²) in [5.41, 5.74) is 5.41. The lowest BCUT2D eigenvalue weighted by atomic mass is 9.54. The van der Waals surface area contributed by atoms with Crippen molar-refractivity contribution in [3.63, 3.8) is 0 Å². The van der Waals surface area contributed by atoms with Gasteiger partial charge in [-0.3, -0.25) is 0 Å². The largest absolute Gasteiger partial charge is 0.0993 e. The molecule has 4 rings (SSSR count). The van der Waals surface area contributed by atoms with E-state index < -0.39 is 0 Å². The van der Waals surface area contributed by atoms with Gasteiger partial charge in [0.1, 0.15) is 0 Å². The highest BCUT2D eigenvalue weighted by Crippen LogP contribution is 2.63. The molecule has 106 valence electrons. The minimum atomic E-state index is 0.507. The van der Waals surface area contributed by atoms with Crippen LogP contribution in [0.25, 0.3) is 0 Å². The maximum Gasteiger partial charge on any atom is -0.00620 e. The highest BCUT2D eigenvalue weighted by molar-refractivity contribution is 5.36. The predicted octanol–water partition coefficient (Wildman–Crippen LogP) is 5.49. The van der Waals surface area contributed by atoms with Crippen molar-refractivity contribution >= 4 is 0 Å². The Kier molecular flexibility index (Phi) is 2.84. The molecule has 3 aliphatic rings. The van der Waals surface area contributed by atoms with Crippen molar-refractivity contribution in [3.05, 3.63) is 47.5 Å². The van der Waals surface area contributed by atoms with E-state index in [0.717, 1.165) is 17.8 Å². The quantitative estimate of drug-likeness (QED) is 0.590. The molecule has 3 aliphatic carbocycles. The summed E-state index contributed by atoms with van der Waals surface area (Å²) in [6.45, 7) is 6.87. The molecule has 0 heteroatoms. The van der Waals surface area contributed by atoms with Gasteiger partial charge in [-0.05, 0) is 79.2 Å². The summed E-state index contributed by atoms with van der Waals surface area (Å²) in [7, 11) is 0. The first-order valence-corrected chi connectivity index (χ1v) is 8.52. The van der Waals surface area contributed by atoms with Crippen molar-refractivity contribution in [1.29, 1.82) is 0 Å². The van der Waals surface area contributed by atoms with Crippen LogP contribution in [0.4, 0.5) is 0 Å². The van der Waals surface area contributed by atoms with E-state index >= 15 is 0 Å². The van der Waals surface area contributed by atoms with Crippen LogP contribution in [0.3, 0.4) is 0 Å². The molecule has 0 unspecified atom stereocenters. The van der Waals surface area contributed by atoms with E-state index in [9.17, 15) is 0 Å². The standard InChI is InChI=1S/C20H26/c1-3-20-13-12-17-16-7-5-4-6-15(16)9-10-18(17)19(20)11-8-14(20)2/h4-7,17-19H,2-3,8-13H2,1H3/t17-,18-,19+,20-/m1/s1. The number of aryl methyl sites for hydroxylation is 1. The maximum absolute atomic E-state index is 4.46. The molecule has 0 N–H and O–H groups in total. The smallest absolute Gasteiger partial charge is 0.00620 e. The second-order valence-corrected chi connectivity index (χ2v) is 7.30. The number of hydrogen-bond donors (Lipinski definition) is 0. The molecule has 0 heterocycles. The molecule has 0 bridgehead atoms. The number of fused-ring (bicyclic) bond motifs is 5. The Morgan fingerprint density at radius 2 is 2.00 bits per heavy atom. The molecule has 20 heavy (non-hydrogen) atoms. The molecule has 0 spiro atoms. The molecule has 0 nitrogen and oxygen atoms in total. The molecule has 0 radical (unpaired) electrons. The molecule has 1 aromatic rings. The van der Waals surface area contributed by atoms with Crippen LogP contribution in [0.2, 0.25) is 0 Å². The SMILES string of the molecule is C=C1CC[C@H]2[C@@H]3CCc4ccccc4[C@H]3CC[C@]12CC. The molecule has 0 aliphatic heterocycles. The van der Waals surface area contributed by atoms with Crippen LogP contribution < -0.4 is 0 Å². The predicted molar refractivity (Wildman–Crippen MR) is 84.8 cm³/mol. The van der Waals surface area contributed by atoms with Crippen LogP contribution in [0.1, 0.15) is 62.5 Å². The van der Waals surface area contributed by atoms with Crippen molar-refractivity contribution < 1.29 is 0 Å². The Hall–Kier alpha value is -1.04. The minimum Gasteiger partial charge on any atom is -0.0993 e. The third-order valence-electron chi connectivity index (χ3n) is 6.94. The molecular formula is C20H26. The van der Waals surface area contributed by atoms with Crippen molar-refractivity contribution in [1.82, 2.24) is 0 Å². The lowest BCUT2D eigenvalue weighted by Gasteiger charge is -2.51. The zero-order valence-electron chi connectivity index (χ0n) is 12.7.